The number of carbonyl (C=O) groups is 2. The maximum atomic E-state index is 12.5. The molecule has 1 aromatic carbocycles. The van der Waals surface area contributed by atoms with Gasteiger partial charge in [0, 0.05) is 11.6 Å². The number of esters is 1. The van der Waals surface area contributed by atoms with E-state index in [1.54, 1.807) is 12.1 Å². The molecule has 0 aromatic heterocycles. The second-order valence-electron chi connectivity index (χ2n) is 6.00. The molecule has 0 saturated heterocycles. The first-order valence-corrected chi connectivity index (χ1v) is 8.13. The molecule has 1 unspecified atom stereocenters. The zero-order valence-electron chi connectivity index (χ0n) is 13.4. The Labute approximate surface area is 132 Å². The molecule has 1 fully saturated rings. The summed E-state index contributed by atoms with van der Waals surface area (Å²) in [7, 11) is 0. The van der Waals surface area contributed by atoms with Crippen LogP contribution in [0.1, 0.15) is 56.3 Å². The SMILES string of the molecule is CCOC(=O)C1(C(C)NC(=O)c2ccccc2)CCCCC1. The van der Waals surface area contributed by atoms with E-state index >= 15 is 0 Å². The van der Waals surface area contributed by atoms with E-state index in [4.69, 9.17) is 4.74 Å². The van der Waals surface area contributed by atoms with Gasteiger partial charge < -0.3 is 10.1 Å². The lowest BCUT2D eigenvalue weighted by atomic mass is 9.69. The van der Waals surface area contributed by atoms with Gasteiger partial charge in [-0.05, 0) is 38.8 Å². The monoisotopic (exact) mass is 303 g/mol. The molecular formula is C18H25NO3. The van der Waals surface area contributed by atoms with Crippen LogP contribution in [0.4, 0.5) is 0 Å². The van der Waals surface area contributed by atoms with Crippen LogP contribution in [0.5, 0.6) is 0 Å². The zero-order valence-corrected chi connectivity index (χ0v) is 13.4. The van der Waals surface area contributed by atoms with Crippen LogP contribution in [0.3, 0.4) is 0 Å². The predicted octanol–water partition coefficient (Wildman–Crippen LogP) is 3.32. The molecule has 0 radical (unpaired) electrons. The molecule has 0 aliphatic heterocycles. The van der Waals surface area contributed by atoms with Gasteiger partial charge in [0.15, 0.2) is 0 Å². The summed E-state index contributed by atoms with van der Waals surface area (Å²) >= 11 is 0. The molecule has 1 aromatic rings. The van der Waals surface area contributed by atoms with Crippen molar-refractivity contribution in [3.63, 3.8) is 0 Å². The van der Waals surface area contributed by atoms with E-state index in [2.05, 4.69) is 5.32 Å². The summed E-state index contributed by atoms with van der Waals surface area (Å²) in [6, 6.07) is 8.86. The Morgan fingerprint density at radius 2 is 1.82 bits per heavy atom. The van der Waals surface area contributed by atoms with Crippen molar-refractivity contribution >= 4 is 11.9 Å². The smallest absolute Gasteiger partial charge is 0.314 e. The summed E-state index contributed by atoms with van der Waals surface area (Å²) in [6.07, 6.45) is 4.71. The molecule has 2 rings (SSSR count). The van der Waals surface area contributed by atoms with Gasteiger partial charge in [-0.1, -0.05) is 37.5 Å². The molecule has 1 aliphatic carbocycles. The molecule has 0 bridgehead atoms. The lowest BCUT2D eigenvalue weighted by Crippen LogP contribution is -2.52. The second kappa shape index (κ2) is 7.43. The van der Waals surface area contributed by atoms with Gasteiger partial charge in [-0.25, -0.2) is 0 Å². The third-order valence-corrected chi connectivity index (χ3v) is 4.64. The van der Waals surface area contributed by atoms with Crippen LogP contribution < -0.4 is 5.32 Å². The third kappa shape index (κ3) is 3.49. The summed E-state index contributed by atoms with van der Waals surface area (Å²) < 4.78 is 5.30. The Morgan fingerprint density at radius 3 is 2.41 bits per heavy atom. The summed E-state index contributed by atoms with van der Waals surface area (Å²) in [5.41, 5.74) is 0.0303. The van der Waals surface area contributed by atoms with E-state index in [9.17, 15) is 9.59 Å². The largest absolute Gasteiger partial charge is 0.466 e. The van der Waals surface area contributed by atoms with E-state index in [1.807, 2.05) is 32.0 Å². The standard InChI is InChI=1S/C18H25NO3/c1-3-22-17(21)18(12-8-5-9-13-18)14(2)19-16(20)15-10-6-4-7-11-15/h4,6-7,10-11,14H,3,5,8-9,12-13H2,1-2H3,(H,19,20). The highest BCUT2D eigenvalue weighted by molar-refractivity contribution is 5.94. The minimum atomic E-state index is -0.585. The van der Waals surface area contributed by atoms with E-state index in [1.165, 1.54) is 0 Å². The summed E-state index contributed by atoms with van der Waals surface area (Å²) in [4.78, 5) is 24.9. The number of benzene rings is 1. The predicted molar refractivity (Wildman–Crippen MR) is 85.5 cm³/mol. The van der Waals surface area contributed by atoms with Gasteiger partial charge in [-0.2, -0.15) is 0 Å². The Bertz CT molecular complexity index is 506. The first-order valence-electron chi connectivity index (χ1n) is 8.13. The molecule has 4 heteroatoms. The van der Waals surface area contributed by atoms with Crippen molar-refractivity contribution in [2.45, 2.75) is 52.0 Å². The number of hydrogen-bond donors (Lipinski definition) is 1. The highest BCUT2D eigenvalue weighted by Gasteiger charge is 2.46. The number of ether oxygens (including phenoxy) is 1. The average Bonchev–Trinajstić information content (AvgIpc) is 2.56. The van der Waals surface area contributed by atoms with Crippen LogP contribution in [-0.2, 0) is 9.53 Å². The molecule has 0 heterocycles. The fraction of sp³-hybridized carbons (Fsp3) is 0.556. The van der Waals surface area contributed by atoms with Crippen LogP contribution in [0, 0.1) is 5.41 Å². The van der Waals surface area contributed by atoms with Crippen LogP contribution in [-0.4, -0.2) is 24.5 Å². The Kier molecular flexibility index (Phi) is 5.58. The number of nitrogens with one attached hydrogen (secondary N) is 1. The molecule has 1 amide bonds. The molecule has 120 valence electrons. The van der Waals surface area contributed by atoms with Crippen molar-refractivity contribution in [2.24, 2.45) is 5.41 Å². The van der Waals surface area contributed by atoms with Crippen LogP contribution >= 0.6 is 0 Å². The molecule has 1 aliphatic rings. The normalized spacial score (nSPS) is 18.3. The lowest BCUT2D eigenvalue weighted by molar-refractivity contribution is -0.159. The van der Waals surface area contributed by atoms with Gasteiger partial charge in [-0.15, -0.1) is 0 Å². The molecule has 22 heavy (non-hydrogen) atoms. The molecular weight excluding hydrogens is 278 g/mol. The van der Waals surface area contributed by atoms with Crippen molar-refractivity contribution in [2.75, 3.05) is 6.61 Å². The summed E-state index contributed by atoms with van der Waals surface area (Å²) in [5, 5.41) is 3.01. The molecule has 4 nitrogen and oxygen atoms in total. The van der Waals surface area contributed by atoms with Gasteiger partial charge in [0.25, 0.3) is 5.91 Å². The highest BCUT2D eigenvalue weighted by atomic mass is 16.5. The molecule has 0 spiro atoms. The zero-order chi connectivity index (χ0) is 16.0. The number of amides is 1. The number of rotatable bonds is 5. The Balaban J connectivity index is 2.13. The first-order chi connectivity index (χ1) is 10.6. The quantitative estimate of drug-likeness (QED) is 0.849. The summed E-state index contributed by atoms with van der Waals surface area (Å²) in [5.74, 6) is -0.307. The highest BCUT2D eigenvalue weighted by Crippen LogP contribution is 2.40. The van der Waals surface area contributed by atoms with Crippen molar-refractivity contribution in [3.05, 3.63) is 35.9 Å². The molecule has 1 saturated carbocycles. The molecule has 1 atom stereocenters. The first kappa shape index (κ1) is 16.5. The Morgan fingerprint density at radius 1 is 1.18 bits per heavy atom. The van der Waals surface area contributed by atoms with Crippen molar-refractivity contribution in [1.29, 1.82) is 0 Å². The van der Waals surface area contributed by atoms with E-state index in [0.717, 1.165) is 32.1 Å². The van der Waals surface area contributed by atoms with Crippen LogP contribution in [0.25, 0.3) is 0 Å². The summed E-state index contributed by atoms with van der Waals surface area (Å²) in [6.45, 7) is 4.12. The minimum absolute atomic E-state index is 0.137. The fourth-order valence-electron chi connectivity index (χ4n) is 3.28. The van der Waals surface area contributed by atoms with Crippen molar-refractivity contribution in [3.8, 4) is 0 Å². The van der Waals surface area contributed by atoms with Crippen LogP contribution in [0.15, 0.2) is 30.3 Å². The van der Waals surface area contributed by atoms with Gasteiger partial charge in [0.05, 0.1) is 12.0 Å². The topological polar surface area (TPSA) is 55.4 Å². The van der Waals surface area contributed by atoms with Gasteiger partial charge in [-0.3, -0.25) is 9.59 Å². The van der Waals surface area contributed by atoms with E-state index in [0.29, 0.717) is 12.2 Å². The molecule has 1 N–H and O–H groups in total. The average molecular weight is 303 g/mol. The Hall–Kier alpha value is -1.84. The second-order valence-corrected chi connectivity index (χ2v) is 6.00. The number of hydrogen-bond acceptors (Lipinski definition) is 3. The third-order valence-electron chi connectivity index (χ3n) is 4.64. The van der Waals surface area contributed by atoms with E-state index < -0.39 is 5.41 Å². The van der Waals surface area contributed by atoms with Crippen molar-refractivity contribution < 1.29 is 14.3 Å². The van der Waals surface area contributed by atoms with Crippen molar-refractivity contribution in [1.82, 2.24) is 5.32 Å². The fourth-order valence-corrected chi connectivity index (χ4v) is 3.28. The maximum absolute atomic E-state index is 12.5. The lowest BCUT2D eigenvalue weighted by Gasteiger charge is -2.39. The van der Waals surface area contributed by atoms with Gasteiger partial charge in [0.1, 0.15) is 0 Å². The van der Waals surface area contributed by atoms with Gasteiger partial charge in [0.2, 0.25) is 0 Å². The number of carbonyl (C=O) groups excluding carboxylic acids is 2. The van der Waals surface area contributed by atoms with Gasteiger partial charge >= 0.3 is 5.97 Å². The maximum Gasteiger partial charge on any atom is 0.314 e. The van der Waals surface area contributed by atoms with E-state index in [-0.39, 0.29) is 17.9 Å². The van der Waals surface area contributed by atoms with Crippen LogP contribution in [0.2, 0.25) is 0 Å². The minimum Gasteiger partial charge on any atom is -0.466 e.